The molecule has 0 aliphatic rings. The summed E-state index contributed by atoms with van der Waals surface area (Å²) >= 11 is 0. The fourth-order valence-corrected chi connectivity index (χ4v) is 0.557. The Morgan fingerprint density at radius 2 is 2.18 bits per heavy atom. The highest BCUT2D eigenvalue weighted by Crippen LogP contribution is 1.86. The Labute approximate surface area is 67.6 Å². The first-order valence-electron chi connectivity index (χ1n) is 3.68. The van der Waals surface area contributed by atoms with Gasteiger partial charge >= 0.3 is 5.97 Å². The van der Waals surface area contributed by atoms with Crippen molar-refractivity contribution in [2.24, 2.45) is 0 Å². The van der Waals surface area contributed by atoms with Crippen LogP contribution in [-0.2, 0) is 9.53 Å². The summed E-state index contributed by atoms with van der Waals surface area (Å²) in [5.74, 6) is -0.218. The summed E-state index contributed by atoms with van der Waals surface area (Å²) in [7, 11) is 0. The standard InChI is InChI=1S/C9H14O2/c1-3-4-5-6-7-8-11-9(2)10/h3-6H,7-8H2,1-2H3/b4-3+,6-5+. The number of allylic oxidation sites excluding steroid dienone is 3. The van der Waals surface area contributed by atoms with E-state index in [1.807, 2.05) is 31.2 Å². The van der Waals surface area contributed by atoms with Gasteiger partial charge in [0, 0.05) is 6.92 Å². The Morgan fingerprint density at radius 1 is 1.45 bits per heavy atom. The fraction of sp³-hybridized carbons (Fsp3) is 0.444. The van der Waals surface area contributed by atoms with E-state index in [2.05, 4.69) is 0 Å². The van der Waals surface area contributed by atoms with E-state index in [1.54, 1.807) is 0 Å². The number of ether oxygens (including phenoxy) is 1. The molecule has 0 saturated carbocycles. The van der Waals surface area contributed by atoms with Gasteiger partial charge in [0.2, 0.25) is 0 Å². The van der Waals surface area contributed by atoms with Gasteiger partial charge < -0.3 is 4.74 Å². The largest absolute Gasteiger partial charge is 0.466 e. The number of esters is 1. The Hall–Kier alpha value is -1.05. The molecule has 0 radical (unpaired) electrons. The molecular formula is C9H14O2. The van der Waals surface area contributed by atoms with Gasteiger partial charge in [-0.15, -0.1) is 0 Å². The van der Waals surface area contributed by atoms with Gasteiger partial charge in [0.1, 0.15) is 0 Å². The molecule has 0 bridgehead atoms. The van der Waals surface area contributed by atoms with Crippen LogP contribution in [0.25, 0.3) is 0 Å². The van der Waals surface area contributed by atoms with E-state index in [0.29, 0.717) is 6.61 Å². The lowest BCUT2D eigenvalue weighted by Crippen LogP contribution is -1.98. The number of carbonyl (C=O) groups is 1. The van der Waals surface area contributed by atoms with E-state index >= 15 is 0 Å². The van der Waals surface area contributed by atoms with E-state index in [4.69, 9.17) is 4.74 Å². The molecular weight excluding hydrogens is 140 g/mol. The van der Waals surface area contributed by atoms with Crippen LogP contribution in [0.4, 0.5) is 0 Å². The quantitative estimate of drug-likeness (QED) is 0.352. The summed E-state index contributed by atoms with van der Waals surface area (Å²) in [5, 5.41) is 0. The molecule has 2 nitrogen and oxygen atoms in total. The van der Waals surface area contributed by atoms with Gasteiger partial charge in [0.05, 0.1) is 6.61 Å². The summed E-state index contributed by atoms with van der Waals surface area (Å²) in [6, 6.07) is 0. The van der Waals surface area contributed by atoms with Crippen molar-refractivity contribution in [3.63, 3.8) is 0 Å². The van der Waals surface area contributed by atoms with Crippen LogP contribution in [0.3, 0.4) is 0 Å². The highest BCUT2D eigenvalue weighted by atomic mass is 16.5. The first-order valence-corrected chi connectivity index (χ1v) is 3.68. The van der Waals surface area contributed by atoms with Crippen LogP contribution in [0.5, 0.6) is 0 Å². The van der Waals surface area contributed by atoms with Crippen LogP contribution in [0, 0.1) is 0 Å². The summed E-state index contributed by atoms with van der Waals surface area (Å²) in [6.07, 6.45) is 8.56. The van der Waals surface area contributed by atoms with E-state index < -0.39 is 0 Å². The second-order valence-corrected chi connectivity index (χ2v) is 2.08. The lowest BCUT2D eigenvalue weighted by Gasteiger charge is -1.95. The monoisotopic (exact) mass is 154 g/mol. The molecule has 0 aliphatic carbocycles. The van der Waals surface area contributed by atoms with Crippen LogP contribution in [0.15, 0.2) is 24.3 Å². The smallest absolute Gasteiger partial charge is 0.302 e. The Kier molecular flexibility index (Phi) is 6.39. The minimum absolute atomic E-state index is 0.218. The first kappa shape index (κ1) is 9.95. The average Bonchev–Trinajstić information content (AvgIpc) is 1.96. The predicted molar refractivity (Wildman–Crippen MR) is 45.2 cm³/mol. The zero-order chi connectivity index (χ0) is 8.53. The number of hydrogen-bond acceptors (Lipinski definition) is 2. The van der Waals surface area contributed by atoms with Crippen molar-refractivity contribution < 1.29 is 9.53 Å². The molecule has 2 heteroatoms. The number of carbonyl (C=O) groups excluding carboxylic acids is 1. The first-order chi connectivity index (χ1) is 5.27. The minimum atomic E-state index is -0.218. The Morgan fingerprint density at radius 3 is 2.73 bits per heavy atom. The zero-order valence-corrected chi connectivity index (χ0v) is 7.04. The molecule has 0 heterocycles. The van der Waals surface area contributed by atoms with Crippen molar-refractivity contribution in [3.05, 3.63) is 24.3 Å². The maximum Gasteiger partial charge on any atom is 0.302 e. The molecule has 0 aromatic rings. The van der Waals surface area contributed by atoms with Gasteiger partial charge in [0.25, 0.3) is 0 Å². The Bertz CT molecular complexity index is 157. The van der Waals surface area contributed by atoms with Gasteiger partial charge in [0.15, 0.2) is 0 Å². The van der Waals surface area contributed by atoms with Crippen molar-refractivity contribution in [1.82, 2.24) is 0 Å². The molecule has 0 aromatic heterocycles. The zero-order valence-electron chi connectivity index (χ0n) is 7.04. The summed E-state index contributed by atoms with van der Waals surface area (Å²) in [5.41, 5.74) is 0. The van der Waals surface area contributed by atoms with Crippen LogP contribution in [0.2, 0.25) is 0 Å². The highest BCUT2D eigenvalue weighted by molar-refractivity contribution is 5.65. The van der Waals surface area contributed by atoms with E-state index in [-0.39, 0.29) is 5.97 Å². The third-order valence-corrected chi connectivity index (χ3v) is 1.03. The van der Waals surface area contributed by atoms with Crippen molar-refractivity contribution >= 4 is 5.97 Å². The van der Waals surface area contributed by atoms with Gasteiger partial charge in [-0.1, -0.05) is 24.3 Å². The van der Waals surface area contributed by atoms with Gasteiger partial charge in [-0.2, -0.15) is 0 Å². The van der Waals surface area contributed by atoms with Gasteiger partial charge in [-0.3, -0.25) is 4.79 Å². The Balaban J connectivity index is 3.20. The molecule has 0 saturated heterocycles. The van der Waals surface area contributed by atoms with Crippen molar-refractivity contribution in [2.75, 3.05) is 6.61 Å². The van der Waals surface area contributed by atoms with Gasteiger partial charge in [-0.25, -0.2) is 0 Å². The summed E-state index contributed by atoms with van der Waals surface area (Å²) in [4.78, 5) is 10.3. The molecule has 0 amide bonds. The molecule has 0 rings (SSSR count). The second-order valence-electron chi connectivity index (χ2n) is 2.08. The minimum Gasteiger partial charge on any atom is -0.466 e. The average molecular weight is 154 g/mol. The van der Waals surface area contributed by atoms with E-state index in [9.17, 15) is 4.79 Å². The third-order valence-electron chi connectivity index (χ3n) is 1.03. The molecule has 0 atom stereocenters. The predicted octanol–water partition coefficient (Wildman–Crippen LogP) is 2.07. The van der Waals surface area contributed by atoms with E-state index in [0.717, 1.165) is 6.42 Å². The van der Waals surface area contributed by atoms with Crippen LogP contribution >= 0.6 is 0 Å². The fourth-order valence-electron chi connectivity index (χ4n) is 0.557. The normalized spacial score (nSPS) is 11.1. The molecule has 0 spiro atoms. The maximum atomic E-state index is 10.3. The van der Waals surface area contributed by atoms with Crippen LogP contribution in [-0.4, -0.2) is 12.6 Å². The molecule has 0 fully saturated rings. The van der Waals surface area contributed by atoms with Crippen molar-refractivity contribution in [2.45, 2.75) is 20.3 Å². The summed E-state index contributed by atoms with van der Waals surface area (Å²) in [6.45, 7) is 3.84. The van der Waals surface area contributed by atoms with Crippen LogP contribution < -0.4 is 0 Å². The van der Waals surface area contributed by atoms with Crippen molar-refractivity contribution in [1.29, 1.82) is 0 Å². The molecule has 0 N–H and O–H groups in total. The number of rotatable bonds is 4. The molecule has 0 aromatic carbocycles. The lowest BCUT2D eigenvalue weighted by molar-refractivity contribution is -0.140. The number of hydrogen-bond donors (Lipinski definition) is 0. The van der Waals surface area contributed by atoms with E-state index in [1.165, 1.54) is 6.92 Å². The lowest BCUT2D eigenvalue weighted by atomic mass is 10.4. The van der Waals surface area contributed by atoms with Crippen molar-refractivity contribution in [3.8, 4) is 0 Å². The molecule has 11 heavy (non-hydrogen) atoms. The molecule has 62 valence electrons. The topological polar surface area (TPSA) is 26.3 Å². The summed E-state index contributed by atoms with van der Waals surface area (Å²) < 4.78 is 4.71. The highest BCUT2D eigenvalue weighted by Gasteiger charge is 1.87. The molecule has 0 aliphatic heterocycles. The SMILES string of the molecule is C/C=C/C=C/CCOC(C)=O. The van der Waals surface area contributed by atoms with Crippen LogP contribution in [0.1, 0.15) is 20.3 Å². The third kappa shape index (κ3) is 8.95. The maximum absolute atomic E-state index is 10.3. The molecule has 0 unspecified atom stereocenters. The van der Waals surface area contributed by atoms with Gasteiger partial charge in [-0.05, 0) is 13.3 Å². The second kappa shape index (κ2) is 7.06.